The smallest absolute Gasteiger partial charge is 0.119 e. The summed E-state index contributed by atoms with van der Waals surface area (Å²) in [5, 5.41) is 0.749. The second-order valence-electron chi connectivity index (χ2n) is 5.21. The van der Waals surface area contributed by atoms with Crippen molar-refractivity contribution in [2.45, 2.75) is 32.2 Å². The molecule has 0 heterocycles. The number of unbranched alkanes of at least 4 members (excludes halogenated alkanes) is 1. The highest BCUT2D eigenvalue weighted by atomic mass is 35.5. The third kappa shape index (κ3) is 5.07. The van der Waals surface area contributed by atoms with Crippen LogP contribution in [0.25, 0.3) is 0 Å². The topological polar surface area (TPSA) is 35.2 Å². The minimum atomic E-state index is -0.0341. The van der Waals surface area contributed by atoms with E-state index in [0.717, 1.165) is 47.8 Å². The number of benzene rings is 2. The van der Waals surface area contributed by atoms with Crippen molar-refractivity contribution < 1.29 is 4.74 Å². The van der Waals surface area contributed by atoms with E-state index in [-0.39, 0.29) is 6.04 Å². The van der Waals surface area contributed by atoms with Crippen LogP contribution in [0, 0.1) is 0 Å². The lowest BCUT2D eigenvalue weighted by Gasteiger charge is -2.13. The Labute approximate surface area is 131 Å². The van der Waals surface area contributed by atoms with Crippen molar-refractivity contribution in [1.29, 1.82) is 0 Å². The molecule has 0 aliphatic carbocycles. The summed E-state index contributed by atoms with van der Waals surface area (Å²) in [7, 11) is 0. The number of hydrogen-bond acceptors (Lipinski definition) is 2. The molecule has 3 heteroatoms. The summed E-state index contributed by atoms with van der Waals surface area (Å²) in [5.41, 5.74) is 8.53. The van der Waals surface area contributed by atoms with Crippen LogP contribution in [0.4, 0.5) is 0 Å². The highest BCUT2D eigenvalue weighted by Crippen LogP contribution is 2.21. The molecule has 2 rings (SSSR count). The van der Waals surface area contributed by atoms with Crippen molar-refractivity contribution in [3.05, 3.63) is 64.7 Å². The minimum absolute atomic E-state index is 0.0341. The third-order valence-corrected chi connectivity index (χ3v) is 3.65. The zero-order valence-corrected chi connectivity index (χ0v) is 13.1. The van der Waals surface area contributed by atoms with E-state index in [2.05, 4.69) is 6.92 Å². The van der Waals surface area contributed by atoms with E-state index in [1.807, 2.05) is 48.5 Å². The molecule has 0 spiro atoms. The van der Waals surface area contributed by atoms with Crippen molar-refractivity contribution in [3.8, 4) is 5.75 Å². The molecule has 112 valence electrons. The molecular weight excluding hydrogens is 282 g/mol. The summed E-state index contributed by atoms with van der Waals surface area (Å²) in [6, 6.07) is 15.9. The van der Waals surface area contributed by atoms with Gasteiger partial charge in [0.1, 0.15) is 5.75 Å². The van der Waals surface area contributed by atoms with Crippen molar-refractivity contribution in [3.63, 3.8) is 0 Å². The number of halogens is 1. The summed E-state index contributed by atoms with van der Waals surface area (Å²) in [4.78, 5) is 0. The van der Waals surface area contributed by atoms with Gasteiger partial charge in [0.15, 0.2) is 0 Å². The maximum atomic E-state index is 6.26. The Kier molecular flexibility index (Phi) is 6.09. The molecule has 0 fully saturated rings. The Morgan fingerprint density at radius 2 is 1.90 bits per heavy atom. The Hall–Kier alpha value is -1.51. The molecule has 0 saturated carbocycles. The highest BCUT2D eigenvalue weighted by Gasteiger charge is 2.07. The van der Waals surface area contributed by atoms with Gasteiger partial charge in [-0.05, 0) is 48.2 Å². The fourth-order valence-corrected chi connectivity index (χ4v) is 2.39. The Morgan fingerprint density at radius 1 is 1.14 bits per heavy atom. The quantitative estimate of drug-likeness (QED) is 0.748. The van der Waals surface area contributed by atoms with Crippen molar-refractivity contribution >= 4 is 11.6 Å². The van der Waals surface area contributed by atoms with Gasteiger partial charge in [0.2, 0.25) is 0 Å². The fourth-order valence-electron chi connectivity index (χ4n) is 2.18. The van der Waals surface area contributed by atoms with Gasteiger partial charge in [0, 0.05) is 11.1 Å². The molecule has 1 atom stereocenters. The molecule has 0 aliphatic heterocycles. The molecule has 0 amide bonds. The second kappa shape index (κ2) is 8.06. The number of rotatable bonds is 7. The average molecular weight is 304 g/mol. The second-order valence-corrected chi connectivity index (χ2v) is 5.65. The van der Waals surface area contributed by atoms with Gasteiger partial charge in [0.25, 0.3) is 0 Å². The first kappa shape index (κ1) is 15.9. The van der Waals surface area contributed by atoms with E-state index < -0.39 is 0 Å². The van der Waals surface area contributed by atoms with Gasteiger partial charge in [-0.15, -0.1) is 0 Å². The van der Waals surface area contributed by atoms with E-state index in [9.17, 15) is 0 Å². The SMILES string of the molecule is CCCCOc1ccc(C(N)Cc2cccc(Cl)c2)cc1. The van der Waals surface area contributed by atoms with Crippen LogP contribution in [0.5, 0.6) is 5.75 Å². The third-order valence-electron chi connectivity index (χ3n) is 3.42. The molecule has 0 aliphatic rings. The van der Waals surface area contributed by atoms with Crippen LogP contribution < -0.4 is 10.5 Å². The molecule has 0 saturated heterocycles. The first-order chi connectivity index (χ1) is 10.2. The van der Waals surface area contributed by atoms with Crippen molar-refractivity contribution in [2.24, 2.45) is 5.73 Å². The van der Waals surface area contributed by atoms with Crippen LogP contribution in [-0.2, 0) is 6.42 Å². The highest BCUT2D eigenvalue weighted by molar-refractivity contribution is 6.30. The Morgan fingerprint density at radius 3 is 2.57 bits per heavy atom. The fraction of sp³-hybridized carbons (Fsp3) is 0.333. The molecule has 0 radical (unpaired) electrons. The molecule has 2 aromatic carbocycles. The van der Waals surface area contributed by atoms with E-state index in [4.69, 9.17) is 22.1 Å². The van der Waals surface area contributed by atoms with E-state index in [1.54, 1.807) is 0 Å². The number of ether oxygens (including phenoxy) is 1. The monoisotopic (exact) mass is 303 g/mol. The maximum Gasteiger partial charge on any atom is 0.119 e. The summed E-state index contributed by atoms with van der Waals surface area (Å²) >= 11 is 6.00. The lowest BCUT2D eigenvalue weighted by Crippen LogP contribution is -2.13. The Bertz CT molecular complexity index is 553. The minimum Gasteiger partial charge on any atom is -0.494 e. The molecule has 2 N–H and O–H groups in total. The zero-order chi connectivity index (χ0) is 15.1. The molecular formula is C18H22ClNO. The molecule has 21 heavy (non-hydrogen) atoms. The molecule has 2 nitrogen and oxygen atoms in total. The molecule has 1 unspecified atom stereocenters. The average Bonchev–Trinajstić information content (AvgIpc) is 2.48. The van der Waals surface area contributed by atoms with Crippen LogP contribution in [0.15, 0.2) is 48.5 Å². The number of nitrogens with two attached hydrogens (primary N) is 1. The standard InChI is InChI=1S/C18H22ClNO/c1-2-3-11-21-17-9-7-15(8-10-17)18(20)13-14-5-4-6-16(19)12-14/h4-10,12,18H,2-3,11,13,20H2,1H3. The van der Waals surface area contributed by atoms with Gasteiger partial charge in [0.05, 0.1) is 6.61 Å². The first-order valence-electron chi connectivity index (χ1n) is 7.42. The van der Waals surface area contributed by atoms with Gasteiger partial charge in [-0.3, -0.25) is 0 Å². The first-order valence-corrected chi connectivity index (χ1v) is 7.79. The van der Waals surface area contributed by atoms with Crippen LogP contribution in [0.3, 0.4) is 0 Å². The van der Waals surface area contributed by atoms with Crippen LogP contribution >= 0.6 is 11.6 Å². The van der Waals surface area contributed by atoms with Crippen molar-refractivity contribution in [1.82, 2.24) is 0 Å². The summed E-state index contributed by atoms with van der Waals surface area (Å²) in [5.74, 6) is 0.905. The van der Waals surface area contributed by atoms with Gasteiger partial charge >= 0.3 is 0 Å². The summed E-state index contributed by atoms with van der Waals surface area (Å²) in [6.45, 7) is 2.92. The lowest BCUT2D eigenvalue weighted by atomic mass is 10.00. The van der Waals surface area contributed by atoms with Crippen LogP contribution in [-0.4, -0.2) is 6.61 Å². The molecule has 2 aromatic rings. The normalized spacial score (nSPS) is 12.1. The predicted molar refractivity (Wildman–Crippen MR) is 88.9 cm³/mol. The van der Waals surface area contributed by atoms with Crippen molar-refractivity contribution in [2.75, 3.05) is 6.61 Å². The number of hydrogen-bond donors (Lipinski definition) is 1. The summed E-state index contributed by atoms with van der Waals surface area (Å²) < 4.78 is 5.66. The van der Waals surface area contributed by atoms with Gasteiger partial charge < -0.3 is 10.5 Å². The summed E-state index contributed by atoms with van der Waals surface area (Å²) in [6.07, 6.45) is 3.00. The van der Waals surface area contributed by atoms with E-state index in [0.29, 0.717) is 0 Å². The Balaban J connectivity index is 1.94. The van der Waals surface area contributed by atoms with E-state index in [1.165, 1.54) is 0 Å². The van der Waals surface area contributed by atoms with E-state index >= 15 is 0 Å². The lowest BCUT2D eigenvalue weighted by molar-refractivity contribution is 0.309. The largest absolute Gasteiger partial charge is 0.494 e. The van der Waals surface area contributed by atoms with Gasteiger partial charge in [-0.2, -0.15) is 0 Å². The zero-order valence-electron chi connectivity index (χ0n) is 12.4. The predicted octanol–water partition coefficient (Wildman–Crippen LogP) is 4.76. The van der Waals surface area contributed by atoms with Gasteiger partial charge in [-0.25, -0.2) is 0 Å². The molecule has 0 aromatic heterocycles. The molecule has 0 bridgehead atoms. The maximum absolute atomic E-state index is 6.26. The van der Waals surface area contributed by atoms with Crippen LogP contribution in [0.2, 0.25) is 5.02 Å². The van der Waals surface area contributed by atoms with Crippen LogP contribution in [0.1, 0.15) is 36.9 Å². The van der Waals surface area contributed by atoms with Gasteiger partial charge in [-0.1, -0.05) is 49.2 Å².